The van der Waals surface area contributed by atoms with Gasteiger partial charge in [-0.2, -0.15) is 0 Å². The lowest BCUT2D eigenvalue weighted by molar-refractivity contribution is 0.248. The number of hydrogen-bond donors (Lipinski definition) is 3. The van der Waals surface area contributed by atoms with Crippen molar-refractivity contribution in [3.8, 4) is 0 Å². The van der Waals surface area contributed by atoms with Crippen LogP contribution < -0.4 is 16.4 Å². The summed E-state index contributed by atoms with van der Waals surface area (Å²) < 4.78 is 0. The minimum absolute atomic E-state index is 0.0465. The number of hydrogen-bond acceptors (Lipinski definition) is 2. The van der Waals surface area contributed by atoms with E-state index < -0.39 is 0 Å². The second-order valence-electron chi connectivity index (χ2n) is 3.88. The molecule has 4 N–H and O–H groups in total. The van der Waals surface area contributed by atoms with Gasteiger partial charge in [0.1, 0.15) is 0 Å². The van der Waals surface area contributed by atoms with E-state index in [9.17, 15) is 4.79 Å². The number of halogens is 1. The molecule has 6 heteroatoms. The molecule has 0 aliphatic rings. The van der Waals surface area contributed by atoms with Gasteiger partial charge in [-0.3, -0.25) is 0 Å². The van der Waals surface area contributed by atoms with Gasteiger partial charge in [-0.15, -0.1) is 0 Å². The molecule has 1 rings (SSSR count). The summed E-state index contributed by atoms with van der Waals surface area (Å²) in [4.78, 5) is 12.1. The van der Waals surface area contributed by atoms with E-state index in [4.69, 9.17) is 29.6 Å². The molecule has 18 heavy (non-hydrogen) atoms. The van der Waals surface area contributed by atoms with Gasteiger partial charge >= 0.3 is 6.03 Å². The largest absolute Gasteiger partial charge is 0.393 e. The number of nitrogens with two attached hydrogens (primary N) is 1. The lowest BCUT2D eigenvalue weighted by atomic mass is 10.1. The molecule has 0 heterocycles. The first-order valence-electron chi connectivity index (χ1n) is 5.62. The number of carbonyl (C=O) groups excluding carboxylic acids is 1. The fraction of sp³-hybridized carbons (Fsp3) is 0.333. The molecule has 0 aliphatic carbocycles. The highest BCUT2D eigenvalue weighted by atomic mass is 35.5. The summed E-state index contributed by atoms with van der Waals surface area (Å²) in [7, 11) is 0. The van der Waals surface area contributed by atoms with Gasteiger partial charge in [-0.25, -0.2) is 4.79 Å². The van der Waals surface area contributed by atoms with Crippen molar-refractivity contribution >= 4 is 40.5 Å². The first-order chi connectivity index (χ1) is 8.51. The Labute approximate surface area is 117 Å². The van der Waals surface area contributed by atoms with Crippen LogP contribution in [-0.2, 0) is 0 Å². The average molecular weight is 286 g/mol. The molecule has 0 aromatic heterocycles. The number of nitrogens with one attached hydrogen (secondary N) is 2. The number of anilines is 1. The lowest BCUT2D eigenvalue weighted by Gasteiger charge is -2.16. The van der Waals surface area contributed by atoms with Gasteiger partial charge < -0.3 is 16.4 Å². The SMILES string of the molecule is CCC(CC(N)=S)NC(=O)Nc1ccc(Cl)cc1. The second kappa shape index (κ2) is 7.18. The van der Waals surface area contributed by atoms with Crippen molar-refractivity contribution in [2.45, 2.75) is 25.8 Å². The Kier molecular flexibility index (Phi) is 5.88. The highest BCUT2D eigenvalue weighted by molar-refractivity contribution is 7.80. The van der Waals surface area contributed by atoms with Crippen molar-refractivity contribution in [1.29, 1.82) is 0 Å². The van der Waals surface area contributed by atoms with E-state index in [0.717, 1.165) is 6.42 Å². The summed E-state index contributed by atoms with van der Waals surface area (Å²) in [5, 5.41) is 6.15. The molecule has 0 bridgehead atoms. The monoisotopic (exact) mass is 285 g/mol. The Morgan fingerprint density at radius 1 is 1.44 bits per heavy atom. The molecule has 98 valence electrons. The maximum Gasteiger partial charge on any atom is 0.319 e. The summed E-state index contributed by atoms with van der Waals surface area (Å²) in [6.07, 6.45) is 1.27. The zero-order chi connectivity index (χ0) is 13.5. The third kappa shape index (κ3) is 5.33. The molecule has 0 aliphatic heterocycles. The minimum atomic E-state index is -0.277. The number of rotatable bonds is 5. The van der Waals surface area contributed by atoms with Crippen LogP contribution in [0.2, 0.25) is 5.02 Å². The molecule has 1 aromatic carbocycles. The van der Waals surface area contributed by atoms with Crippen molar-refractivity contribution in [1.82, 2.24) is 5.32 Å². The minimum Gasteiger partial charge on any atom is -0.393 e. The van der Waals surface area contributed by atoms with Crippen LogP contribution in [-0.4, -0.2) is 17.1 Å². The van der Waals surface area contributed by atoms with Crippen LogP contribution in [0, 0.1) is 0 Å². The summed E-state index contributed by atoms with van der Waals surface area (Å²) in [5.41, 5.74) is 6.14. The fourth-order valence-corrected chi connectivity index (χ4v) is 1.75. The Morgan fingerprint density at radius 2 is 2.06 bits per heavy atom. The smallest absolute Gasteiger partial charge is 0.319 e. The molecule has 0 saturated heterocycles. The van der Waals surface area contributed by atoms with Crippen molar-refractivity contribution in [2.24, 2.45) is 5.73 Å². The summed E-state index contributed by atoms with van der Waals surface area (Å²) >= 11 is 10.6. The number of thiocarbonyl (C=S) groups is 1. The lowest BCUT2D eigenvalue weighted by Crippen LogP contribution is -2.39. The highest BCUT2D eigenvalue weighted by Gasteiger charge is 2.11. The molecule has 1 atom stereocenters. The van der Waals surface area contributed by atoms with Crippen LogP contribution in [0.4, 0.5) is 10.5 Å². The van der Waals surface area contributed by atoms with Gasteiger partial charge in [-0.1, -0.05) is 30.7 Å². The molecule has 0 fully saturated rings. The van der Waals surface area contributed by atoms with Crippen LogP contribution in [0.15, 0.2) is 24.3 Å². The van der Waals surface area contributed by atoms with E-state index in [1.54, 1.807) is 24.3 Å². The van der Waals surface area contributed by atoms with Gasteiger partial charge in [0, 0.05) is 23.2 Å². The normalized spacial score (nSPS) is 11.7. The predicted molar refractivity (Wildman–Crippen MR) is 79.1 cm³/mol. The zero-order valence-corrected chi connectivity index (χ0v) is 11.6. The Hall–Kier alpha value is -1.33. The molecule has 0 spiro atoms. The van der Waals surface area contributed by atoms with E-state index in [1.807, 2.05) is 6.92 Å². The second-order valence-corrected chi connectivity index (χ2v) is 4.84. The zero-order valence-electron chi connectivity index (χ0n) is 10.1. The van der Waals surface area contributed by atoms with Crippen molar-refractivity contribution in [3.05, 3.63) is 29.3 Å². The number of urea groups is 1. The maximum absolute atomic E-state index is 11.7. The average Bonchev–Trinajstić information content (AvgIpc) is 2.30. The Balaban J connectivity index is 2.49. The molecule has 4 nitrogen and oxygen atoms in total. The predicted octanol–water partition coefficient (Wildman–Crippen LogP) is 2.92. The quantitative estimate of drug-likeness (QED) is 0.729. The molecule has 1 aromatic rings. The van der Waals surface area contributed by atoms with Gasteiger partial charge in [0.15, 0.2) is 0 Å². The topological polar surface area (TPSA) is 67.1 Å². The van der Waals surface area contributed by atoms with E-state index in [-0.39, 0.29) is 12.1 Å². The number of benzene rings is 1. The summed E-state index contributed by atoms with van der Waals surface area (Å²) in [6, 6.07) is 6.56. The molecule has 0 saturated carbocycles. The maximum atomic E-state index is 11.7. The molecule has 1 unspecified atom stereocenters. The van der Waals surface area contributed by atoms with Crippen LogP contribution in [0.3, 0.4) is 0 Å². The van der Waals surface area contributed by atoms with Crippen molar-refractivity contribution < 1.29 is 4.79 Å². The Bertz CT molecular complexity index is 422. The molecule has 0 radical (unpaired) electrons. The fourth-order valence-electron chi connectivity index (χ4n) is 1.43. The number of amides is 2. The first kappa shape index (κ1) is 14.7. The number of carbonyl (C=O) groups is 1. The van der Waals surface area contributed by atoms with E-state index in [2.05, 4.69) is 10.6 Å². The van der Waals surface area contributed by atoms with Crippen molar-refractivity contribution in [2.75, 3.05) is 5.32 Å². The third-order valence-electron chi connectivity index (χ3n) is 2.38. The third-order valence-corrected chi connectivity index (χ3v) is 2.80. The van der Waals surface area contributed by atoms with Crippen LogP contribution >= 0.6 is 23.8 Å². The Morgan fingerprint density at radius 3 is 2.56 bits per heavy atom. The van der Waals surface area contributed by atoms with Crippen LogP contribution in [0.25, 0.3) is 0 Å². The van der Waals surface area contributed by atoms with Gasteiger partial charge in [0.25, 0.3) is 0 Å². The van der Waals surface area contributed by atoms with Gasteiger partial charge in [-0.05, 0) is 30.7 Å². The first-order valence-corrected chi connectivity index (χ1v) is 6.41. The van der Waals surface area contributed by atoms with E-state index in [0.29, 0.717) is 22.1 Å². The van der Waals surface area contributed by atoms with Crippen molar-refractivity contribution in [3.63, 3.8) is 0 Å². The van der Waals surface area contributed by atoms with Crippen LogP contribution in [0.5, 0.6) is 0 Å². The standard InChI is InChI=1S/C12H16ClN3OS/c1-2-9(7-11(14)18)15-12(17)16-10-5-3-8(13)4-6-10/h3-6,9H,2,7H2,1H3,(H2,14,18)(H2,15,16,17). The molecular weight excluding hydrogens is 270 g/mol. The van der Waals surface area contributed by atoms with Gasteiger partial charge in [0.2, 0.25) is 0 Å². The van der Waals surface area contributed by atoms with Gasteiger partial charge in [0.05, 0.1) is 4.99 Å². The van der Waals surface area contributed by atoms with E-state index in [1.165, 1.54) is 0 Å². The molecule has 2 amide bonds. The highest BCUT2D eigenvalue weighted by Crippen LogP contribution is 2.13. The summed E-state index contributed by atoms with van der Waals surface area (Å²) in [6.45, 7) is 1.96. The summed E-state index contributed by atoms with van der Waals surface area (Å²) in [5.74, 6) is 0. The van der Waals surface area contributed by atoms with E-state index >= 15 is 0 Å². The molecular formula is C12H16ClN3OS. The van der Waals surface area contributed by atoms with Crippen LogP contribution in [0.1, 0.15) is 19.8 Å².